The number of benzene rings is 3. The number of hydrazone groups is 1. The summed E-state index contributed by atoms with van der Waals surface area (Å²) in [4.78, 5) is 23.8. The Hall–Kier alpha value is -3.98. The molecule has 0 aliphatic rings. The van der Waals surface area contributed by atoms with Gasteiger partial charge in [0.15, 0.2) is 0 Å². The van der Waals surface area contributed by atoms with Crippen molar-refractivity contribution in [3.05, 3.63) is 89.0 Å². The first kappa shape index (κ1) is 24.7. The average molecular weight is 479 g/mol. The molecular weight excluding hydrogens is 452 g/mol. The van der Waals surface area contributed by atoms with E-state index >= 15 is 0 Å². The Balaban J connectivity index is 1.76. The molecule has 0 heterocycles. The van der Waals surface area contributed by atoms with Gasteiger partial charge in [-0.1, -0.05) is 35.9 Å². The van der Waals surface area contributed by atoms with Crippen LogP contribution in [0.5, 0.6) is 0 Å². The minimum Gasteiger partial charge on any atom is -0.326 e. The minimum atomic E-state index is -3.89. The molecule has 0 fully saturated rings. The zero-order valence-electron chi connectivity index (χ0n) is 19.3. The molecule has 3 rings (SSSR count). The number of sulfonamides is 1. The van der Waals surface area contributed by atoms with E-state index < -0.39 is 15.9 Å². The molecule has 0 radical (unpaired) electrons. The topological polar surface area (TPSA) is 117 Å². The van der Waals surface area contributed by atoms with Crippen LogP contribution in [-0.4, -0.2) is 25.9 Å². The number of carbonyl (C=O) groups excluding carboxylic acids is 2. The number of aryl methyl sites for hydroxylation is 2. The first-order chi connectivity index (χ1) is 16.0. The van der Waals surface area contributed by atoms with E-state index in [9.17, 15) is 18.0 Å². The maximum Gasteiger partial charge on any atom is 0.271 e. The smallest absolute Gasteiger partial charge is 0.271 e. The minimum absolute atomic E-state index is 0.0381. The summed E-state index contributed by atoms with van der Waals surface area (Å²) in [5.74, 6) is -0.747. The number of hydrogen-bond acceptors (Lipinski definition) is 5. The zero-order chi connectivity index (χ0) is 24.9. The van der Waals surface area contributed by atoms with Crippen molar-refractivity contribution >= 4 is 38.9 Å². The standard InChI is InChI=1S/C25H26N4O4S/c1-16-11-12-24(17(2)13-16)29-34(32,33)23-10-6-8-21(15-23)25(31)28-27-18(3)20-7-5-9-22(14-20)26-19(4)30/h5-15,29H,1-4H3,(H,26,30)(H,28,31). The van der Waals surface area contributed by atoms with Crippen LogP contribution in [0.1, 0.15) is 40.9 Å². The molecule has 9 heteroatoms. The van der Waals surface area contributed by atoms with Gasteiger partial charge < -0.3 is 5.32 Å². The summed E-state index contributed by atoms with van der Waals surface area (Å²) in [5, 5.41) is 6.80. The summed E-state index contributed by atoms with van der Waals surface area (Å²) in [6.45, 7) is 6.87. The Morgan fingerprint density at radius 2 is 1.56 bits per heavy atom. The molecule has 8 nitrogen and oxygen atoms in total. The van der Waals surface area contributed by atoms with Crippen molar-refractivity contribution in [1.82, 2.24) is 5.43 Å². The van der Waals surface area contributed by atoms with Gasteiger partial charge in [-0.2, -0.15) is 5.10 Å². The highest BCUT2D eigenvalue weighted by atomic mass is 32.2. The second-order valence-corrected chi connectivity index (χ2v) is 9.53. The molecule has 2 amide bonds. The SMILES string of the molecule is CC(=O)Nc1cccc(C(C)=NNC(=O)c2cccc(S(=O)(=O)Nc3ccc(C)cc3C)c2)c1. The van der Waals surface area contributed by atoms with Crippen molar-refractivity contribution in [2.75, 3.05) is 10.0 Å². The number of carbonyl (C=O) groups is 2. The molecule has 3 aromatic rings. The fourth-order valence-electron chi connectivity index (χ4n) is 3.23. The average Bonchev–Trinajstić information content (AvgIpc) is 2.79. The van der Waals surface area contributed by atoms with Gasteiger partial charge in [-0.25, -0.2) is 13.8 Å². The molecule has 0 atom stereocenters. The summed E-state index contributed by atoms with van der Waals surface area (Å²) in [5.41, 5.74) is 6.72. The molecule has 0 aliphatic heterocycles. The van der Waals surface area contributed by atoms with E-state index in [1.165, 1.54) is 31.2 Å². The molecule has 0 bridgehead atoms. The quantitative estimate of drug-likeness (QED) is 0.348. The van der Waals surface area contributed by atoms with Gasteiger partial charge in [-0.3, -0.25) is 14.3 Å². The van der Waals surface area contributed by atoms with E-state index in [4.69, 9.17) is 0 Å². The van der Waals surface area contributed by atoms with E-state index in [-0.39, 0.29) is 16.4 Å². The van der Waals surface area contributed by atoms with Gasteiger partial charge >= 0.3 is 0 Å². The van der Waals surface area contributed by atoms with Crippen molar-refractivity contribution in [1.29, 1.82) is 0 Å². The fourth-order valence-corrected chi connectivity index (χ4v) is 4.40. The maximum absolute atomic E-state index is 12.9. The number of amides is 2. The van der Waals surface area contributed by atoms with Crippen molar-refractivity contribution in [2.45, 2.75) is 32.6 Å². The summed E-state index contributed by atoms with van der Waals surface area (Å²) in [6.07, 6.45) is 0. The van der Waals surface area contributed by atoms with Crippen LogP contribution >= 0.6 is 0 Å². The molecule has 3 aromatic carbocycles. The van der Waals surface area contributed by atoms with Gasteiger partial charge in [-0.05, 0) is 68.3 Å². The summed E-state index contributed by atoms with van der Waals surface area (Å²) in [7, 11) is -3.89. The molecule has 0 spiro atoms. The van der Waals surface area contributed by atoms with Crippen molar-refractivity contribution in [3.8, 4) is 0 Å². The van der Waals surface area contributed by atoms with E-state index in [1.54, 1.807) is 37.3 Å². The molecule has 0 saturated heterocycles. The van der Waals surface area contributed by atoms with Gasteiger partial charge in [0.2, 0.25) is 5.91 Å². The third kappa shape index (κ3) is 6.29. The van der Waals surface area contributed by atoms with Crippen molar-refractivity contribution < 1.29 is 18.0 Å². The van der Waals surface area contributed by atoms with Gasteiger partial charge in [-0.15, -0.1) is 0 Å². The van der Waals surface area contributed by atoms with Crippen LogP contribution in [-0.2, 0) is 14.8 Å². The lowest BCUT2D eigenvalue weighted by Crippen LogP contribution is -2.20. The number of nitrogens with zero attached hydrogens (tertiary/aromatic N) is 1. The number of anilines is 2. The monoisotopic (exact) mass is 478 g/mol. The Kier molecular flexibility index (Phi) is 7.47. The molecule has 34 heavy (non-hydrogen) atoms. The van der Waals surface area contributed by atoms with Crippen molar-refractivity contribution in [2.24, 2.45) is 5.10 Å². The van der Waals surface area contributed by atoms with Crippen LogP contribution in [0.25, 0.3) is 0 Å². The van der Waals surface area contributed by atoms with E-state index in [2.05, 4.69) is 20.6 Å². The summed E-state index contributed by atoms with van der Waals surface area (Å²) < 4.78 is 28.3. The van der Waals surface area contributed by atoms with Crippen LogP contribution in [0.4, 0.5) is 11.4 Å². The number of rotatable bonds is 7. The molecule has 176 valence electrons. The molecule has 0 aliphatic carbocycles. The number of hydrogen-bond donors (Lipinski definition) is 3. The molecule has 3 N–H and O–H groups in total. The Bertz CT molecular complexity index is 1380. The molecule has 0 aromatic heterocycles. The van der Waals surface area contributed by atoms with Crippen LogP contribution < -0.4 is 15.5 Å². The second-order valence-electron chi connectivity index (χ2n) is 7.85. The summed E-state index contributed by atoms with van der Waals surface area (Å²) >= 11 is 0. The van der Waals surface area contributed by atoms with E-state index in [1.807, 2.05) is 26.0 Å². The first-order valence-corrected chi connectivity index (χ1v) is 12.0. The fraction of sp³-hybridized carbons (Fsp3) is 0.160. The molecular formula is C25H26N4O4S. The third-order valence-corrected chi connectivity index (χ3v) is 6.32. The Morgan fingerprint density at radius 3 is 2.26 bits per heavy atom. The van der Waals surface area contributed by atoms with E-state index in [0.717, 1.165) is 11.1 Å². The van der Waals surface area contributed by atoms with Crippen molar-refractivity contribution in [3.63, 3.8) is 0 Å². The maximum atomic E-state index is 12.9. The van der Waals surface area contributed by atoms with Gasteiger partial charge in [0, 0.05) is 18.2 Å². The van der Waals surface area contributed by atoms with Crippen LogP contribution in [0, 0.1) is 13.8 Å². The van der Waals surface area contributed by atoms with Gasteiger partial charge in [0.05, 0.1) is 16.3 Å². The highest BCUT2D eigenvalue weighted by molar-refractivity contribution is 7.92. The highest BCUT2D eigenvalue weighted by Crippen LogP contribution is 2.21. The normalized spacial score (nSPS) is 11.6. The number of nitrogens with one attached hydrogen (secondary N) is 3. The second kappa shape index (κ2) is 10.3. The van der Waals surface area contributed by atoms with Crippen LogP contribution in [0.2, 0.25) is 0 Å². The predicted octanol–water partition coefficient (Wildman–Crippen LogP) is 4.22. The lowest BCUT2D eigenvalue weighted by molar-refractivity contribution is -0.114. The first-order valence-electron chi connectivity index (χ1n) is 10.5. The lowest BCUT2D eigenvalue weighted by Gasteiger charge is -2.12. The van der Waals surface area contributed by atoms with Crippen LogP contribution in [0.3, 0.4) is 0 Å². The van der Waals surface area contributed by atoms with Crippen LogP contribution in [0.15, 0.2) is 76.7 Å². The molecule has 0 unspecified atom stereocenters. The predicted molar refractivity (Wildman–Crippen MR) is 134 cm³/mol. The van der Waals surface area contributed by atoms with E-state index in [0.29, 0.717) is 22.6 Å². The lowest BCUT2D eigenvalue weighted by atomic mass is 10.1. The Morgan fingerprint density at radius 1 is 0.853 bits per heavy atom. The zero-order valence-corrected chi connectivity index (χ0v) is 20.2. The van der Waals surface area contributed by atoms with Gasteiger partial charge in [0.1, 0.15) is 0 Å². The third-order valence-electron chi connectivity index (χ3n) is 4.96. The van der Waals surface area contributed by atoms with Gasteiger partial charge in [0.25, 0.3) is 15.9 Å². The largest absolute Gasteiger partial charge is 0.326 e. The summed E-state index contributed by atoms with van der Waals surface area (Å²) in [6, 6.07) is 18.2. The molecule has 0 saturated carbocycles. The highest BCUT2D eigenvalue weighted by Gasteiger charge is 2.17. The Labute approximate surface area is 199 Å².